The summed E-state index contributed by atoms with van der Waals surface area (Å²) in [7, 11) is 18.1. The average Bonchev–Trinajstić information content (AvgIpc) is 3.12. The average molecular weight is 389 g/mol. The second-order valence-corrected chi connectivity index (χ2v) is 6.79. The Balaban J connectivity index is 1.54. The first-order valence-corrected chi connectivity index (χ1v) is 8.99. The van der Waals surface area contributed by atoms with E-state index in [-0.39, 0.29) is 11.9 Å². The first-order chi connectivity index (χ1) is 14.3. The molecule has 0 spiro atoms. The minimum Gasteiger partial charge on any atom is -0.516 e. The lowest BCUT2D eigenvalue weighted by atomic mass is 9.52. The summed E-state index contributed by atoms with van der Waals surface area (Å²) in [4.78, 5) is 25.3. The molecular formula is C20H14B3N5O2. The van der Waals surface area contributed by atoms with Gasteiger partial charge >= 0.3 is 0 Å². The molecule has 30 heavy (non-hydrogen) atoms. The molecule has 0 saturated heterocycles. The summed E-state index contributed by atoms with van der Waals surface area (Å²) in [5.41, 5.74) is 3.00. The normalized spacial score (nSPS) is 11.4. The van der Waals surface area contributed by atoms with E-state index in [1.54, 1.807) is 30.9 Å². The lowest BCUT2D eigenvalue weighted by Gasteiger charge is -2.23. The third-order valence-electron chi connectivity index (χ3n) is 4.33. The summed E-state index contributed by atoms with van der Waals surface area (Å²) < 4.78 is 7.04. The molecule has 0 fully saturated rings. The van der Waals surface area contributed by atoms with Crippen LogP contribution >= 0.6 is 0 Å². The lowest BCUT2D eigenvalue weighted by Crippen LogP contribution is -2.37. The molecule has 0 bridgehead atoms. The molecule has 7 nitrogen and oxygen atoms in total. The maximum absolute atomic E-state index is 12.5. The van der Waals surface area contributed by atoms with Gasteiger partial charge < -0.3 is 9.30 Å². The fraction of sp³-hybridized carbons (Fsp3) is 0.100. The smallest absolute Gasteiger partial charge is 0.258 e. The molecule has 4 rings (SSSR count). The summed E-state index contributed by atoms with van der Waals surface area (Å²) in [5, 5.41) is 1.75. The predicted molar refractivity (Wildman–Crippen MR) is 117 cm³/mol. The van der Waals surface area contributed by atoms with Gasteiger partial charge in [0.15, 0.2) is 0 Å². The van der Waals surface area contributed by atoms with E-state index in [4.69, 9.17) is 28.3 Å². The van der Waals surface area contributed by atoms with Gasteiger partial charge in [-0.3, -0.25) is 10.1 Å². The predicted octanol–water partition coefficient (Wildman–Crippen LogP) is 1.78. The number of amides is 1. The van der Waals surface area contributed by atoms with E-state index < -0.39 is 5.30 Å². The Bertz CT molecular complexity index is 1220. The molecule has 2 heterocycles. The molecule has 0 aliphatic heterocycles. The third kappa shape index (κ3) is 4.37. The van der Waals surface area contributed by atoms with Gasteiger partial charge in [-0.1, -0.05) is 12.1 Å². The van der Waals surface area contributed by atoms with Gasteiger partial charge in [0.2, 0.25) is 5.95 Å². The van der Waals surface area contributed by atoms with Crippen molar-refractivity contribution in [3.8, 4) is 17.0 Å². The van der Waals surface area contributed by atoms with E-state index >= 15 is 0 Å². The Morgan fingerprint density at radius 2 is 1.87 bits per heavy atom. The number of aromatic nitrogens is 4. The van der Waals surface area contributed by atoms with Gasteiger partial charge in [0, 0.05) is 29.8 Å². The van der Waals surface area contributed by atoms with Gasteiger partial charge in [0.05, 0.1) is 23.7 Å². The van der Waals surface area contributed by atoms with Crippen LogP contribution < -0.4 is 10.1 Å². The summed E-state index contributed by atoms with van der Waals surface area (Å²) >= 11 is 0. The van der Waals surface area contributed by atoms with Gasteiger partial charge in [-0.05, 0) is 35.6 Å². The van der Waals surface area contributed by atoms with Crippen LogP contribution in [0.3, 0.4) is 0 Å². The van der Waals surface area contributed by atoms with Crippen molar-refractivity contribution in [3.63, 3.8) is 0 Å². The first kappa shape index (κ1) is 19.8. The Kier molecular flexibility index (Phi) is 5.07. The van der Waals surface area contributed by atoms with E-state index in [9.17, 15) is 4.79 Å². The van der Waals surface area contributed by atoms with E-state index in [0.717, 1.165) is 16.6 Å². The molecule has 2 aromatic carbocycles. The van der Waals surface area contributed by atoms with Gasteiger partial charge in [-0.25, -0.2) is 15.0 Å². The number of carbonyl (C=O) groups is 1. The molecule has 0 aliphatic carbocycles. The van der Waals surface area contributed by atoms with Crippen LogP contribution in [0.1, 0.15) is 10.4 Å². The first-order valence-electron chi connectivity index (χ1n) is 8.99. The number of nitrogens with one attached hydrogen (secondary N) is 1. The molecule has 0 saturated carbocycles. The Hall–Kier alpha value is -3.55. The lowest BCUT2D eigenvalue weighted by molar-refractivity contribution is 0.102. The quantitative estimate of drug-likeness (QED) is 0.527. The molecule has 1 amide bonds. The number of carbonyl (C=O) groups excluding carboxylic acids is 1. The van der Waals surface area contributed by atoms with E-state index in [0.29, 0.717) is 16.8 Å². The van der Waals surface area contributed by atoms with Crippen LogP contribution in [0.4, 0.5) is 5.95 Å². The highest BCUT2D eigenvalue weighted by atomic mass is 16.5. The van der Waals surface area contributed by atoms with E-state index in [2.05, 4.69) is 20.3 Å². The van der Waals surface area contributed by atoms with Crippen LogP contribution in [0.2, 0.25) is 0 Å². The highest BCUT2D eigenvalue weighted by Gasteiger charge is 2.13. The molecule has 140 valence electrons. The summed E-state index contributed by atoms with van der Waals surface area (Å²) in [6.07, 6.45) is 5.17. The minimum atomic E-state index is -1.79. The zero-order valence-electron chi connectivity index (χ0n) is 16.1. The number of hydrogen-bond donors (Lipinski definition) is 1. The Morgan fingerprint density at radius 1 is 1.10 bits per heavy atom. The fourth-order valence-corrected chi connectivity index (χ4v) is 2.93. The largest absolute Gasteiger partial charge is 0.516 e. The number of rotatable bonds is 5. The van der Waals surface area contributed by atoms with Crippen molar-refractivity contribution in [1.29, 1.82) is 0 Å². The second-order valence-electron chi connectivity index (χ2n) is 6.79. The van der Waals surface area contributed by atoms with Gasteiger partial charge in [0.25, 0.3) is 5.91 Å². The van der Waals surface area contributed by atoms with Crippen molar-refractivity contribution < 1.29 is 9.53 Å². The van der Waals surface area contributed by atoms with Crippen molar-refractivity contribution in [3.05, 3.63) is 66.7 Å². The topological polar surface area (TPSA) is 81.9 Å². The highest BCUT2D eigenvalue weighted by Crippen LogP contribution is 2.23. The van der Waals surface area contributed by atoms with Crippen LogP contribution in [0.25, 0.3) is 22.2 Å². The van der Waals surface area contributed by atoms with Gasteiger partial charge in [-0.15, -0.1) is 0 Å². The van der Waals surface area contributed by atoms with Crippen LogP contribution in [0.5, 0.6) is 5.75 Å². The number of fused-ring (bicyclic) bond motifs is 1. The molecule has 0 atom stereocenters. The fourth-order valence-electron chi connectivity index (χ4n) is 2.93. The maximum Gasteiger partial charge on any atom is 0.258 e. The van der Waals surface area contributed by atoms with E-state index in [1.807, 2.05) is 29.8 Å². The summed E-state index contributed by atoms with van der Waals surface area (Å²) in [6.45, 7) is 0. The standard InChI is InChI=1S/C20H14B3N5O2/c1-28-11-24-10-17(28)13-2-3-14-9-25-19(26-16(14)8-13)27-18(29)12-4-6-15(7-5-12)30-20(21,22)23/h2-11H,1H3,(H,25,26,27,29). The number of nitrogens with zero attached hydrogens (tertiary/aromatic N) is 4. The van der Waals surface area contributed by atoms with E-state index in [1.165, 1.54) is 12.1 Å². The molecule has 4 aromatic rings. The molecule has 0 unspecified atom stereocenters. The molecule has 6 radical (unpaired) electrons. The van der Waals surface area contributed by atoms with Crippen LogP contribution in [-0.4, -0.2) is 54.3 Å². The number of imidazole rings is 1. The number of ether oxygens (including phenoxy) is 1. The Labute approximate surface area is 177 Å². The number of anilines is 1. The van der Waals surface area contributed by atoms with Crippen LogP contribution in [-0.2, 0) is 7.05 Å². The molecule has 2 aromatic heterocycles. The highest BCUT2D eigenvalue weighted by molar-refractivity contribution is 6.58. The number of aryl methyl sites for hydroxylation is 1. The summed E-state index contributed by atoms with van der Waals surface area (Å²) in [5.74, 6) is 0.159. The zero-order valence-corrected chi connectivity index (χ0v) is 16.1. The molecule has 10 heteroatoms. The molecular weight excluding hydrogens is 375 g/mol. The maximum atomic E-state index is 12.5. The van der Waals surface area contributed by atoms with Crippen molar-refractivity contribution in [2.75, 3.05) is 5.32 Å². The van der Waals surface area contributed by atoms with Gasteiger partial charge in [-0.2, -0.15) is 0 Å². The molecule has 1 N–H and O–H groups in total. The van der Waals surface area contributed by atoms with Crippen molar-refractivity contribution in [1.82, 2.24) is 19.5 Å². The van der Waals surface area contributed by atoms with Crippen molar-refractivity contribution in [2.24, 2.45) is 7.05 Å². The van der Waals surface area contributed by atoms with Crippen molar-refractivity contribution >= 4 is 46.3 Å². The van der Waals surface area contributed by atoms with Crippen LogP contribution in [0.15, 0.2) is 61.2 Å². The van der Waals surface area contributed by atoms with Gasteiger partial charge in [0.1, 0.15) is 29.3 Å². The van der Waals surface area contributed by atoms with Crippen LogP contribution in [0, 0.1) is 0 Å². The Morgan fingerprint density at radius 3 is 2.53 bits per heavy atom. The minimum absolute atomic E-state index is 0.194. The third-order valence-corrected chi connectivity index (χ3v) is 4.33. The molecule has 0 aliphatic rings. The second kappa shape index (κ2) is 7.70. The summed E-state index contributed by atoms with van der Waals surface area (Å²) in [6, 6.07) is 12.0. The zero-order chi connectivity index (χ0) is 21.3. The number of hydrogen-bond acceptors (Lipinski definition) is 5. The SMILES string of the molecule is [B]C([B])([B])Oc1ccc(C(=O)Nc2ncc3ccc(-c4cncn4C)cc3n2)cc1. The monoisotopic (exact) mass is 389 g/mol. The number of benzene rings is 2. The van der Waals surface area contributed by atoms with Crippen molar-refractivity contribution in [2.45, 2.75) is 5.30 Å².